The van der Waals surface area contributed by atoms with Crippen LogP contribution in [0.25, 0.3) is 11.2 Å². The first-order valence-electron chi connectivity index (χ1n) is 4.83. The lowest BCUT2D eigenvalue weighted by molar-refractivity contribution is -0.0155. The first kappa shape index (κ1) is 10.8. The third kappa shape index (κ3) is 1.59. The summed E-state index contributed by atoms with van der Waals surface area (Å²) in [5.41, 5.74) is 6.51. The first-order chi connectivity index (χ1) is 7.50. The molecule has 0 saturated heterocycles. The normalized spacial score (nSPS) is 15.2. The van der Waals surface area contributed by atoms with Crippen LogP contribution in [0.15, 0.2) is 6.33 Å². The molecule has 4 N–H and O–H groups in total. The minimum absolute atomic E-state index is 0.263. The number of nitrogen functional groups attached to an aromatic ring is 1. The predicted octanol–water partition coefficient (Wildman–Crippen LogP) is -0.411. The van der Waals surface area contributed by atoms with E-state index in [0.717, 1.165) is 0 Å². The molecule has 0 bridgehead atoms. The molecule has 2 rings (SSSR count). The smallest absolute Gasteiger partial charge is 0.167 e. The van der Waals surface area contributed by atoms with Gasteiger partial charge in [-0.25, -0.2) is 15.0 Å². The monoisotopic (exact) mass is 223 g/mol. The Kier molecular flexibility index (Phi) is 2.49. The lowest BCUT2D eigenvalue weighted by atomic mass is 10.3. The molecule has 0 radical (unpaired) electrons. The number of hydrogen-bond donors (Lipinski definition) is 3. The van der Waals surface area contributed by atoms with Crippen molar-refractivity contribution in [2.45, 2.75) is 26.2 Å². The Hall–Kier alpha value is -1.73. The van der Waals surface area contributed by atoms with Gasteiger partial charge in [-0.2, -0.15) is 0 Å². The van der Waals surface area contributed by atoms with Crippen molar-refractivity contribution in [3.05, 3.63) is 12.2 Å². The molecule has 2 atom stereocenters. The van der Waals surface area contributed by atoms with Gasteiger partial charge in [-0.05, 0) is 13.8 Å². The van der Waals surface area contributed by atoms with Crippen molar-refractivity contribution in [1.82, 2.24) is 19.5 Å². The molecule has 2 unspecified atom stereocenters. The Bertz CT molecular complexity index is 522. The van der Waals surface area contributed by atoms with E-state index in [9.17, 15) is 10.2 Å². The molecule has 0 fully saturated rings. The van der Waals surface area contributed by atoms with Gasteiger partial charge < -0.3 is 15.9 Å². The summed E-state index contributed by atoms with van der Waals surface area (Å²) in [6.07, 6.45) is -0.639. The summed E-state index contributed by atoms with van der Waals surface area (Å²) >= 11 is 0. The summed E-state index contributed by atoms with van der Waals surface area (Å²) < 4.78 is 1.37. The number of nitrogens with zero attached hydrogens (tertiary/aromatic N) is 4. The molecule has 2 aromatic rings. The average Bonchev–Trinajstić information content (AvgIpc) is 2.60. The van der Waals surface area contributed by atoms with E-state index in [0.29, 0.717) is 17.0 Å². The summed E-state index contributed by atoms with van der Waals surface area (Å²) in [5, 5.41) is 19.1. The van der Waals surface area contributed by atoms with Crippen molar-refractivity contribution < 1.29 is 10.2 Å². The number of aromatic nitrogens is 4. The highest BCUT2D eigenvalue weighted by molar-refractivity contribution is 5.81. The molecule has 0 aromatic carbocycles. The van der Waals surface area contributed by atoms with Gasteiger partial charge in [-0.15, -0.1) is 0 Å². The standard InChI is InChI=1S/C9H13N5O2/c1-4(15)9(16)14-3-11-6-7(10)12-5(2)13-8(6)14/h3-4,9,15-16H,1-2H3,(H2,10,12,13). The van der Waals surface area contributed by atoms with Crippen LogP contribution in [0.2, 0.25) is 0 Å². The van der Waals surface area contributed by atoms with Gasteiger partial charge in [0, 0.05) is 0 Å². The van der Waals surface area contributed by atoms with Crippen LogP contribution in [0.3, 0.4) is 0 Å². The van der Waals surface area contributed by atoms with Crippen LogP contribution in [0.1, 0.15) is 19.0 Å². The van der Waals surface area contributed by atoms with E-state index >= 15 is 0 Å². The van der Waals surface area contributed by atoms with E-state index in [1.807, 2.05) is 0 Å². The highest BCUT2D eigenvalue weighted by Crippen LogP contribution is 2.20. The largest absolute Gasteiger partial charge is 0.389 e. The highest BCUT2D eigenvalue weighted by atomic mass is 16.3. The number of fused-ring (bicyclic) bond motifs is 1. The second-order valence-electron chi connectivity index (χ2n) is 3.63. The van der Waals surface area contributed by atoms with Crippen LogP contribution in [0.4, 0.5) is 5.82 Å². The maximum Gasteiger partial charge on any atom is 0.167 e. The summed E-state index contributed by atoms with van der Waals surface area (Å²) in [6.45, 7) is 3.18. The lowest BCUT2D eigenvalue weighted by Crippen LogP contribution is -2.20. The molecule has 7 nitrogen and oxygen atoms in total. The Labute approximate surface area is 91.6 Å². The third-order valence-electron chi connectivity index (χ3n) is 2.28. The third-order valence-corrected chi connectivity index (χ3v) is 2.28. The molecule has 0 aliphatic rings. The fourth-order valence-electron chi connectivity index (χ4n) is 1.48. The molecule has 0 aliphatic heterocycles. The molecule has 0 spiro atoms. The number of nitrogens with two attached hydrogens (primary N) is 1. The predicted molar refractivity (Wildman–Crippen MR) is 57.4 cm³/mol. The van der Waals surface area contributed by atoms with Gasteiger partial charge in [0.1, 0.15) is 11.3 Å². The topological polar surface area (TPSA) is 110 Å². The van der Waals surface area contributed by atoms with E-state index in [-0.39, 0.29) is 5.82 Å². The van der Waals surface area contributed by atoms with E-state index in [4.69, 9.17) is 5.73 Å². The summed E-state index contributed by atoms with van der Waals surface area (Å²) in [4.78, 5) is 12.1. The van der Waals surface area contributed by atoms with Crippen molar-refractivity contribution in [2.24, 2.45) is 0 Å². The van der Waals surface area contributed by atoms with Crippen molar-refractivity contribution in [3.63, 3.8) is 0 Å². The Morgan fingerprint density at radius 1 is 1.38 bits per heavy atom. The Morgan fingerprint density at radius 2 is 2.06 bits per heavy atom. The second-order valence-corrected chi connectivity index (χ2v) is 3.63. The van der Waals surface area contributed by atoms with Gasteiger partial charge in [-0.3, -0.25) is 4.57 Å². The molecule has 86 valence electrons. The molecule has 0 saturated carbocycles. The quantitative estimate of drug-likeness (QED) is 0.638. The second kappa shape index (κ2) is 3.69. The van der Waals surface area contributed by atoms with Gasteiger partial charge in [-0.1, -0.05) is 0 Å². The number of aryl methyl sites for hydroxylation is 1. The van der Waals surface area contributed by atoms with Gasteiger partial charge in [0.05, 0.1) is 12.4 Å². The molecule has 16 heavy (non-hydrogen) atoms. The Morgan fingerprint density at radius 3 is 2.69 bits per heavy atom. The fraction of sp³-hybridized carbons (Fsp3) is 0.444. The number of aliphatic hydroxyl groups excluding tert-OH is 2. The number of rotatable bonds is 2. The van der Waals surface area contributed by atoms with Gasteiger partial charge in [0.25, 0.3) is 0 Å². The molecule has 2 heterocycles. The lowest BCUT2D eigenvalue weighted by Gasteiger charge is -2.15. The first-order valence-corrected chi connectivity index (χ1v) is 4.83. The zero-order valence-corrected chi connectivity index (χ0v) is 8.99. The van der Waals surface area contributed by atoms with Gasteiger partial charge in [0.2, 0.25) is 0 Å². The molecular formula is C9H13N5O2. The van der Waals surface area contributed by atoms with E-state index in [1.165, 1.54) is 17.8 Å². The number of imidazole rings is 1. The zero-order chi connectivity index (χ0) is 11.9. The van der Waals surface area contributed by atoms with Crippen LogP contribution in [0.5, 0.6) is 0 Å². The minimum atomic E-state index is -1.10. The van der Waals surface area contributed by atoms with Crippen LogP contribution in [-0.2, 0) is 0 Å². The van der Waals surface area contributed by atoms with Crippen LogP contribution < -0.4 is 5.73 Å². The highest BCUT2D eigenvalue weighted by Gasteiger charge is 2.18. The number of aliphatic hydroxyl groups is 2. The van der Waals surface area contributed by atoms with Gasteiger partial charge >= 0.3 is 0 Å². The van der Waals surface area contributed by atoms with Crippen molar-refractivity contribution >= 4 is 17.0 Å². The van der Waals surface area contributed by atoms with Crippen molar-refractivity contribution in [2.75, 3.05) is 5.73 Å². The average molecular weight is 223 g/mol. The van der Waals surface area contributed by atoms with Crippen molar-refractivity contribution in [1.29, 1.82) is 0 Å². The summed E-state index contributed by atoms with van der Waals surface area (Å²) in [5.74, 6) is 0.753. The molecule has 2 aromatic heterocycles. The minimum Gasteiger partial charge on any atom is -0.389 e. The molecule has 7 heteroatoms. The summed E-state index contributed by atoms with van der Waals surface area (Å²) in [6, 6.07) is 0. The van der Waals surface area contributed by atoms with E-state index in [1.54, 1.807) is 6.92 Å². The van der Waals surface area contributed by atoms with Gasteiger partial charge in [0.15, 0.2) is 17.7 Å². The van der Waals surface area contributed by atoms with Crippen LogP contribution in [0, 0.1) is 6.92 Å². The SMILES string of the molecule is Cc1nc(N)c2ncn(C(O)C(C)O)c2n1. The number of anilines is 1. The molecule has 0 amide bonds. The Balaban J connectivity index is 2.64. The van der Waals surface area contributed by atoms with Crippen LogP contribution >= 0.6 is 0 Å². The van der Waals surface area contributed by atoms with E-state index in [2.05, 4.69) is 15.0 Å². The van der Waals surface area contributed by atoms with Crippen LogP contribution in [-0.4, -0.2) is 35.8 Å². The maximum absolute atomic E-state index is 9.74. The number of hydrogen-bond acceptors (Lipinski definition) is 6. The molecular weight excluding hydrogens is 210 g/mol. The zero-order valence-electron chi connectivity index (χ0n) is 8.99. The van der Waals surface area contributed by atoms with Crippen molar-refractivity contribution in [3.8, 4) is 0 Å². The fourth-order valence-corrected chi connectivity index (χ4v) is 1.48. The summed E-state index contributed by atoms with van der Waals surface area (Å²) in [7, 11) is 0. The maximum atomic E-state index is 9.74. The van der Waals surface area contributed by atoms with E-state index < -0.39 is 12.3 Å². The molecule has 0 aliphatic carbocycles.